The van der Waals surface area contributed by atoms with Crippen molar-refractivity contribution in [1.82, 2.24) is 4.90 Å². The quantitative estimate of drug-likeness (QED) is 0.796. The molecule has 1 amide bonds. The van der Waals surface area contributed by atoms with Crippen LogP contribution in [-0.4, -0.2) is 42.5 Å². The standard InChI is InChI=1S/C13H14ClF2NO2/c14-7-11-8-19-4-3-17(11)13(18)5-9-1-2-10(15)6-12(9)16/h1-2,6,11H,3-5,7-8H2. The molecule has 104 valence electrons. The topological polar surface area (TPSA) is 29.5 Å². The number of nitrogens with zero attached hydrogens (tertiary/aromatic N) is 1. The van der Waals surface area contributed by atoms with E-state index in [1.807, 2.05) is 0 Å². The Bertz CT molecular complexity index is 470. The number of carbonyl (C=O) groups is 1. The highest BCUT2D eigenvalue weighted by atomic mass is 35.5. The van der Waals surface area contributed by atoms with Gasteiger partial charge in [-0.05, 0) is 11.6 Å². The van der Waals surface area contributed by atoms with Crippen molar-refractivity contribution in [3.05, 3.63) is 35.4 Å². The lowest BCUT2D eigenvalue weighted by Crippen LogP contribution is -2.50. The molecule has 3 nitrogen and oxygen atoms in total. The summed E-state index contributed by atoms with van der Waals surface area (Å²) in [6.07, 6.45) is -0.0977. The number of carbonyl (C=O) groups excluding carboxylic acids is 1. The van der Waals surface area contributed by atoms with Gasteiger partial charge in [-0.1, -0.05) is 6.07 Å². The van der Waals surface area contributed by atoms with Crippen LogP contribution in [-0.2, 0) is 16.0 Å². The Morgan fingerprint density at radius 1 is 1.47 bits per heavy atom. The van der Waals surface area contributed by atoms with Crippen LogP contribution in [0.1, 0.15) is 5.56 Å². The number of halogens is 3. The van der Waals surface area contributed by atoms with Gasteiger partial charge in [0.25, 0.3) is 0 Å². The van der Waals surface area contributed by atoms with Crippen LogP contribution in [0.5, 0.6) is 0 Å². The van der Waals surface area contributed by atoms with Gasteiger partial charge in [-0.15, -0.1) is 11.6 Å². The summed E-state index contributed by atoms with van der Waals surface area (Å²) in [5.41, 5.74) is 0.186. The molecule has 1 fully saturated rings. The molecule has 0 N–H and O–H groups in total. The van der Waals surface area contributed by atoms with Gasteiger partial charge in [0.15, 0.2) is 0 Å². The normalized spacial score (nSPS) is 19.5. The van der Waals surface area contributed by atoms with Crippen molar-refractivity contribution in [2.24, 2.45) is 0 Å². The number of hydrogen-bond acceptors (Lipinski definition) is 2. The van der Waals surface area contributed by atoms with Gasteiger partial charge in [-0.25, -0.2) is 8.78 Å². The maximum absolute atomic E-state index is 13.5. The minimum absolute atomic E-state index is 0.0977. The molecule has 1 aliphatic heterocycles. The molecule has 1 aromatic rings. The fourth-order valence-corrected chi connectivity index (χ4v) is 2.30. The summed E-state index contributed by atoms with van der Waals surface area (Å²) < 4.78 is 31.5. The van der Waals surface area contributed by atoms with E-state index < -0.39 is 11.6 Å². The molecule has 1 aromatic carbocycles. The molecule has 1 unspecified atom stereocenters. The highest BCUT2D eigenvalue weighted by molar-refractivity contribution is 6.18. The van der Waals surface area contributed by atoms with E-state index in [1.54, 1.807) is 4.90 Å². The van der Waals surface area contributed by atoms with Gasteiger partial charge in [0, 0.05) is 18.5 Å². The van der Waals surface area contributed by atoms with Gasteiger partial charge < -0.3 is 9.64 Å². The second-order valence-electron chi connectivity index (χ2n) is 4.38. The summed E-state index contributed by atoms with van der Waals surface area (Å²) in [4.78, 5) is 13.7. The molecule has 0 aromatic heterocycles. The van der Waals surface area contributed by atoms with Crippen molar-refractivity contribution < 1.29 is 18.3 Å². The first kappa shape index (κ1) is 14.2. The molecule has 6 heteroatoms. The predicted molar refractivity (Wildman–Crippen MR) is 67.1 cm³/mol. The molecule has 0 spiro atoms. The summed E-state index contributed by atoms with van der Waals surface area (Å²) in [5.74, 6) is -1.31. The van der Waals surface area contributed by atoms with Crippen LogP contribution in [0.4, 0.5) is 8.78 Å². The highest BCUT2D eigenvalue weighted by Gasteiger charge is 2.27. The Hall–Kier alpha value is -1.20. The van der Waals surface area contributed by atoms with E-state index in [1.165, 1.54) is 6.07 Å². The Morgan fingerprint density at radius 3 is 2.95 bits per heavy atom. The molecule has 19 heavy (non-hydrogen) atoms. The van der Waals surface area contributed by atoms with Crippen molar-refractivity contribution in [2.45, 2.75) is 12.5 Å². The van der Waals surface area contributed by atoms with Crippen LogP contribution >= 0.6 is 11.6 Å². The zero-order chi connectivity index (χ0) is 13.8. The highest BCUT2D eigenvalue weighted by Crippen LogP contribution is 2.14. The molecule has 0 bridgehead atoms. The van der Waals surface area contributed by atoms with Crippen molar-refractivity contribution in [3.63, 3.8) is 0 Å². The molecule has 0 aliphatic carbocycles. The van der Waals surface area contributed by atoms with Crippen LogP contribution in [0, 0.1) is 11.6 Å². The van der Waals surface area contributed by atoms with Gasteiger partial charge in [0.05, 0.1) is 25.7 Å². The summed E-state index contributed by atoms with van der Waals surface area (Å²) in [5, 5.41) is 0. The van der Waals surface area contributed by atoms with E-state index in [0.29, 0.717) is 19.8 Å². The summed E-state index contributed by atoms with van der Waals surface area (Å²) in [7, 11) is 0. The van der Waals surface area contributed by atoms with E-state index in [-0.39, 0.29) is 29.8 Å². The third-order valence-electron chi connectivity index (χ3n) is 3.08. The lowest BCUT2D eigenvalue weighted by molar-refractivity contribution is -0.138. The molecule has 2 rings (SSSR count). The van der Waals surface area contributed by atoms with Gasteiger partial charge in [0.2, 0.25) is 5.91 Å². The summed E-state index contributed by atoms with van der Waals surface area (Å²) in [6.45, 7) is 1.28. The zero-order valence-corrected chi connectivity index (χ0v) is 11.0. The lowest BCUT2D eigenvalue weighted by Gasteiger charge is -2.34. The van der Waals surface area contributed by atoms with E-state index in [0.717, 1.165) is 12.1 Å². The average molecular weight is 290 g/mol. The molecule has 1 atom stereocenters. The van der Waals surface area contributed by atoms with Crippen LogP contribution in [0.2, 0.25) is 0 Å². The average Bonchev–Trinajstić information content (AvgIpc) is 2.41. The first-order chi connectivity index (χ1) is 9.11. The van der Waals surface area contributed by atoms with Crippen LogP contribution in [0.3, 0.4) is 0 Å². The number of benzene rings is 1. The molecule has 0 saturated carbocycles. The SMILES string of the molecule is O=C(Cc1ccc(F)cc1F)N1CCOCC1CCl. The van der Waals surface area contributed by atoms with Crippen molar-refractivity contribution >= 4 is 17.5 Å². The van der Waals surface area contributed by atoms with E-state index in [2.05, 4.69) is 0 Å². The second-order valence-corrected chi connectivity index (χ2v) is 4.69. The Morgan fingerprint density at radius 2 is 2.26 bits per heavy atom. The Labute approximate surface area is 115 Å². The summed E-state index contributed by atoms with van der Waals surface area (Å²) >= 11 is 5.78. The third-order valence-corrected chi connectivity index (χ3v) is 3.44. The summed E-state index contributed by atoms with van der Waals surface area (Å²) in [6, 6.07) is 3.02. The fraction of sp³-hybridized carbons (Fsp3) is 0.462. The minimum Gasteiger partial charge on any atom is -0.377 e. The maximum Gasteiger partial charge on any atom is 0.227 e. The first-order valence-electron chi connectivity index (χ1n) is 5.99. The second kappa shape index (κ2) is 6.30. The molecule has 0 radical (unpaired) electrons. The van der Waals surface area contributed by atoms with Gasteiger partial charge in [-0.2, -0.15) is 0 Å². The van der Waals surface area contributed by atoms with Crippen LogP contribution in [0.25, 0.3) is 0 Å². The molecule has 1 heterocycles. The maximum atomic E-state index is 13.5. The van der Waals surface area contributed by atoms with E-state index in [9.17, 15) is 13.6 Å². The van der Waals surface area contributed by atoms with E-state index >= 15 is 0 Å². The van der Waals surface area contributed by atoms with Crippen molar-refractivity contribution in [2.75, 3.05) is 25.6 Å². The lowest BCUT2D eigenvalue weighted by atomic mass is 10.1. The Kier molecular flexibility index (Phi) is 4.71. The number of amides is 1. The monoisotopic (exact) mass is 289 g/mol. The number of rotatable bonds is 3. The molecule has 1 saturated heterocycles. The zero-order valence-electron chi connectivity index (χ0n) is 10.2. The van der Waals surface area contributed by atoms with Crippen molar-refractivity contribution in [1.29, 1.82) is 0 Å². The third kappa shape index (κ3) is 3.42. The Balaban J connectivity index is 2.07. The molecule has 1 aliphatic rings. The van der Waals surface area contributed by atoms with Gasteiger partial charge in [-0.3, -0.25) is 4.79 Å². The minimum atomic E-state index is -0.705. The predicted octanol–water partition coefficient (Wildman–Crippen LogP) is 1.97. The number of ether oxygens (including phenoxy) is 1. The van der Waals surface area contributed by atoms with Gasteiger partial charge >= 0.3 is 0 Å². The van der Waals surface area contributed by atoms with E-state index in [4.69, 9.17) is 16.3 Å². The number of alkyl halides is 1. The smallest absolute Gasteiger partial charge is 0.227 e. The first-order valence-corrected chi connectivity index (χ1v) is 6.52. The van der Waals surface area contributed by atoms with Crippen molar-refractivity contribution in [3.8, 4) is 0 Å². The largest absolute Gasteiger partial charge is 0.377 e. The van der Waals surface area contributed by atoms with Crippen LogP contribution in [0.15, 0.2) is 18.2 Å². The fourth-order valence-electron chi connectivity index (χ4n) is 2.04. The number of morpholine rings is 1. The molecular formula is C13H14ClF2NO2. The van der Waals surface area contributed by atoms with Gasteiger partial charge in [0.1, 0.15) is 11.6 Å². The molecular weight excluding hydrogens is 276 g/mol. The van der Waals surface area contributed by atoms with Crippen LogP contribution < -0.4 is 0 Å². The number of hydrogen-bond donors (Lipinski definition) is 0.